The molecule has 3 rings (SSSR count). The van der Waals surface area contributed by atoms with Crippen molar-refractivity contribution in [2.75, 3.05) is 13.2 Å². The number of rotatable bonds is 7. The van der Waals surface area contributed by atoms with E-state index in [1.807, 2.05) is 22.6 Å². The summed E-state index contributed by atoms with van der Waals surface area (Å²) in [4.78, 5) is 49.3. The van der Waals surface area contributed by atoms with Gasteiger partial charge in [-0.15, -0.1) is 0 Å². The van der Waals surface area contributed by atoms with E-state index in [0.29, 0.717) is 20.6 Å². The van der Waals surface area contributed by atoms with Gasteiger partial charge in [0.05, 0.1) is 23.0 Å². The normalized spacial score (nSPS) is 15.3. The number of amides is 4. The Labute approximate surface area is 185 Å². The van der Waals surface area contributed by atoms with Crippen LogP contribution in [0.5, 0.6) is 5.75 Å². The number of benzene rings is 1. The first-order valence-corrected chi connectivity index (χ1v) is 9.96. The highest BCUT2D eigenvalue weighted by Crippen LogP contribution is 2.24. The molecule has 0 saturated carbocycles. The average molecular weight is 524 g/mol. The zero-order valence-corrected chi connectivity index (χ0v) is 18.0. The maximum Gasteiger partial charge on any atom is 0.344 e. The summed E-state index contributed by atoms with van der Waals surface area (Å²) in [5.74, 6) is -1.12. The maximum absolute atomic E-state index is 12.7. The largest absolute Gasteiger partial charge is 0.481 e. The second-order valence-electron chi connectivity index (χ2n) is 6.07. The van der Waals surface area contributed by atoms with Gasteiger partial charge in [-0.1, -0.05) is 6.07 Å². The van der Waals surface area contributed by atoms with Crippen LogP contribution in [0.1, 0.15) is 18.2 Å². The van der Waals surface area contributed by atoms with Gasteiger partial charge in [0.15, 0.2) is 6.61 Å². The molecule has 0 atom stereocenters. The summed E-state index contributed by atoms with van der Waals surface area (Å²) in [7, 11) is 0. The van der Waals surface area contributed by atoms with E-state index in [1.165, 1.54) is 12.3 Å². The SMILES string of the molecule is CCOC(=O)COc1ccc(/C=C2\C(=O)NC(=O)N(Cc3ccco3)C2=O)cc1I. The molecule has 2 heterocycles. The molecule has 1 saturated heterocycles. The lowest BCUT2D eigenvalue weighted by Crippen LogP contribution is -2.53. The van der Waals surface area contributed by atoms with E-state index in [4.69, 9.17) is 13.9 Å². The van der Waals surface area contributed by atoms with E-state index in [0.717, 1.165) is 4.90 Å². The molecule has 4 amide bonds. The van der Waals surface area contributed by atoms with Crippen LogP contribution in [0.15, 0.2) is 46.6 Å². The van der Waals surface area contributed by atoms with Crippen molar-refractivity contribution in [1.82, 2.24) is 10.2 Å². The van der Waals surface area contributed by atoms with Crippen LogP contribution in [0.2, 0.25) is 0 Å². The van der Waals surface area contributed by atoms with Crippen LogP contribution >= 0.6 is 22.6 Å². The molecular weight excluding hydrogens is 507 g/mol. The number of nitrogens with one attached hydrogen (secondary N) is 1. The molecule has 9 nitrogen and oxygen atoms in total. The van der Waals surface area contributed by atoms with Crippen molar-refractivity contribution in [1.29, 1.82) is 0 Å². The van der Waals surface area contributed by atoms with Crippen molar-refractivity contribution in [3.8, 4) is 5.75 Å². The van der Waals surface area contributed by atoms with Crippen molar-refractivity contribution in [3.05, 3.63) is 57.1 Å². The van der Waals surface area contributed by atoms with Gasteiger partial charge in [-0.2, -0.15) is 0 Å². The van der Waals surface area contributed by atoms with Crippen LogP contribution in [0.4, 0.5) is 4.79 Å². The monoisotopic (exact) mass is 524 g/mol. The third kappa shape index (κ3) is 5.06. The Hall–Kier alpha value is -3.15. The van der Waals surface area contributed by atoms with E-state index in [-0.39, 0.29) is 25.3 Å². The Balaban J connectivity index is 1.77. The third-order valence-electron chi connectivity index (χ3n) is 4.00. The molecule has 1 N–H and O–H groups in total. The number of carbonyl (C=O) groups excluding carboxylic acids is 4. The van der Waals surface area contributed by atoms with Crippen molar-refractivity contribution >= 4 is 52.5 Å². The highest BCUT2D eigenvalue weighted by atomic mass is 127. The third-order valence-corrected chi connectivity index (χ3v) is 4.84. The molecule has 30 heavy (non-hydrogen) atoms. The molecule has 0 radical (unpaired) electrons. The molecule has 1 aromatic carbocycles. The van der Waals surface area contributed by atoms with Gasteiger partial charge in [-0.25, -0.2) is 9.59 Å². The molecule has 0 aliphatic carbocycles. The van der Waals surface area contributed by atoms with Crippen LogP contribution in [0.3, 0.4) is 0 Å². The van der Waals surface area contributed by atoms with Crippen LogP contribution in [-0.2, 0) is 25.7 Å². The predicted molar refractivity (Wildman–Crippen MR) is 112 cm³/mol. The van der Waals surface area contributed by atoms with Crippen molar-refractivity contribution in [3.63, 3.8) is 0 Å². The molecule has 0 bridgehead atoms. The van der Waals surface area contributed by atoms with E-state index < -0.39 is 23.8 Å². The number of esters is 1. The number of urea groups is 1. The highest BCUT2D eigenvalue weighted by molar-refractivity contribution is 14.1. The Bertz CT molecular complexity index is 1010. The van der Waals surface area contributed by atoms with E-state index in [2.05, 4.69) is 5.32 Å². The van der Waals surface area contributed by atoms with E-state index in [9.17, 15) is 19.2 Å². The standard InChI is InChI=1S/C20H17IN2O7/c1-2-28-17(24)11-30-16-6-5-12(9-15(16)21)8-14-18(25)22-20(27)23(19(14)26)10-13-4-3-7-29-13/h3-9H,2,10-11H2,1H3,(H,22,25,27)/b14-8+. The molecule has 156 valence electrons. The zero-order chi connectivity index (χ0) is 21.7. The number of imide groups is 2. The van der Waals surface area contributed by atoms with Gasteiger partial charge >= 0.3 is 12.0 Å². The van der Waals surface area contributed by atoms with Gasteiger partial charge < -0.3 is 13.9 Å². The Morgan fingerprint density at radius 3 is 2.73 bits per heavy atom. The van der Waals surface area contributed by atoms with Gasteiger partial charge in [-0.3, -0.25) is 19.8 Å². The Morgan fingerprint density at radius 1 is 1.27 bits per heavy atom. The minimum Gasteiger partial charge on any atom is -0.481 e. The number of carbonyl (C=O) groups is 4. The average Bonchev–Trinajstić information content (AvgIpc) is 3.21. The summed E-state index contributed by atoms with van der Waals surface area (Å²) < 4.78 is 16.1. The fraction of sp³-hybridized carbons (Fsp3) is 0.200. The van der Waals surface area contributed by atoms with Gasteiger partial charge in [0.1, 0.15) is 17.1 Å². The predicted octanol–water partition coefficient (Wildman–Crippen LogP) is 2.49. The topological polar surface area (TPSA) is 115 Å². The first-order valence-electron chi connectivity index (χ1n) is 8.88. The van der Waals surface area contributed by atoms with Crippen LogP contribution in [0, 0.1) is 3.57 Å². The van der Waals surface area contributed by atoms with E-state index in [1.54, 1.807) is 37.3 Å². The smallest absolute Gasteiger partial charge is 0.344 e. The maximum atomic E-state index is 12.7. The first kappa shape index (κ1) is 21.6. The number of furan rings is 1. The molecule has 1 aliphatic rings. The summed E-state index contributed by atoms with van der Waals surface area (Å²) in [5.41, 5.74) is 0.367. The van der Waals surface area contributed by atoms with Crippen LogP contribution in [-0.4, -0.2) is 41.9 Å². The highest BCUT2D eigenvalue weighted by Gasteiger charge is 2.36. The molecule has 1 fully saturated rings. The molecule has 1 aromatic heterocycles. The second-order valence-corrected chi connectivity index (χ2v) is 7.23. The molecule has 0 spiro atoms. The lowest BCUT2D eigenvalue weighted by atomic mass is 10.1. The van der Waals surface area contributed by atoms with E-state index >= 15 is 0 Å². The van der Waals surface area contributed by atoms with Crippen LogP contribution < -0.4 is 10.1 Å². The lowest BCUT2D eigenvalue weighted by molar-refractivity contribution is -0.145. The first-order chi connectivity index (χ1) is 14.4. The fourth-order valence-corrected chi connectivity index (χ4v) is 3.32. The Kier molecular flexibility index (Phi) is 6.87. The van der Waals surface area contributed by atoms with Gasteiger partial charge in [-0.05, 0) is 65.4 Å². The summed E-state index contributed by atoms with van der Waals surface area (Å²) in [5, 5.41) is 2.15. The Morgan fingerprint density at radius 2 is 2.07 bits per heavy atom. The summed E-state index contributed by atoms with van der Waals surface area (Å²) >= 11 is 2.01. The number of nitrogens with zero attached hydrogens (tertiary/aromatic N) is 1. The molecule has 2 aromatic rings. The van der Waals surface area contributed by atoms with Crippen LogP contribution in [0.25, 0.3) is 6.08 Å². The lowest BCUT2D eigenvalue weighted by Gasteiger charge is -2.25. The number of halogens is 1. The number of barbiturate groups is 1. The quantitative estimate of drug-likeness (QED) is 0.256. The molecule has 1 aliphatic heterocycles. The number of hydrogen-bond acceptors (Lipinski definition) is 7. The van der Waals surface area contributed by atoms with Crippen molar-refractivity contribution < 1.29 is 33.1 Å². The fourth-order valence-electron chi connectivity index (χ4n) is 2.63. The number of ether oxygens (including phenoxy) is 2. The van der Waals surface area contributed by atoms with Crippen molar-refractivity contribution in [2.45, 2.75) is 13.5 Å². The minimum atomic E-state index is -0.809. The summed E-state index contributed by atoms with van der Waals surface area (Å²) in [6, 6.07) is 7.38. The molecular formula is C20H17IN2O7. The van der Waals surface area contributed by atoms with Gasteiger partial charge in [0, 0.05) is 0 Å². The molecule has 0 unspecified atom stereocenters. The summed E-state index contributed by atoms with van der Waals surface area (Å²) in [6.07, 6.45) is 2.81. The van der Waals surface area contributed by atoms with Gasteiger partial charge in [0.25, 0.3) is 11.8 Å². The zero-order valence-electron chi connectivity index (χ0n) is 15.8. The second kappa shape index (κ2) is 9.57. The number of hydrogen-bond donors (Lipinski definition) is 1. The van der Waals surface area contributed by atoms with Crippen molar-refractivity contribution in [2.24, 2.45) is 0 Å². The minimum absolute atomic E-state index is 0.0968. The summed E-state index contributed by atoms with van der Waals surface area (Å²) in [6.45, 7) is 1.65. The molecule has 10 heteroatoms. The van der Waals surface area contributed by atoms with Gasteiger partial charge in [0.2, 0.25) is 0 Å².